The number of hydrogen-bond acceptors (Lipinski definition) is 2. The van der Waals surface area contributed by atoms with Crippen LogP contribution in [0.25, 0.3) is 0 Å². The molecule has 1 heterocycles. The molecule has 0 N–H and O–H groups in total. The van der Waals surface area contributed by atoms with Crippen LogP contribution >= 0.6 is 23.2 Å². The van der Waals surface area contributed by atoms with Crippen LogP contribution < -0.4 is 4.74 Å². The van der Waals surface area contributed by atoms with Crippen molar-refractivity contribution in [2.45, 2.75) is 0 Å². The van der Waals surface area contributed by atoms with E-state index in [-0.39, 0.29) is 0 Å². The van der Waals surface area contributed by atoms with Gasteiger partial charge in [0, 0.05) is 34.0 Å². The van der Waals surface area contributed by atoms with Crippen LogP contribution in [0.2, 0.25) is 10.0 Å². The highest BCUT2D eigenvalue weighted by Crippen LogP contribution is 2.38. The van der Waals surface area contributed by atoms with E-state index in [1.165, 1.54) is 0 Å². The SMILES string of the molecule is Clc1ccc2c(c1)Oc1cc(Cl)ccc1N=C2. The predicted octanol–water partition coefficient (Wildman–Crippen LogP) is 4.85. The normalized spacial score (nSPS) is 12.4. The van der Waals surface area contributed by atoms with E-state index < -0.39 is 0 Å². The fraction of sp³-hybridized carbons (Fsp3) is 0. The first-order valence-corrected chi connectivity index (χ1v) is 5.79. The van der Waals surface area contributed by atoms with Gasteiger partial charge in [0.2, 0.25) is 0 Å². The summed E-state index contributed by atoms with van der Waals surface area (Å²) in [7, 11) is 0. The number of aliphatic imine (C=N–C) groups is 1. The van der Waals surface area contributed by atoms with E-state index in [2.05, 4.69) is 4.99 Å². The molecular weight excluding hydrogens is 257 g/mol. The third-order valence-corrected chi connectivity index (χ3v) is 2.93. The summed E-state index contributed by atoms with van der Waals surface area (Å²) in [6, 6.07) is 10.8. The maximum absolute atomic E-state index is 5.94. The Balaban J connectivity index is 2.17. The van der Waals surface area contributed by atoms with E-state index in [9.17, 15) is 0 Å². The minimum absolute atomic E-state index is 0.615. The quantitative estimate of drug-likeness (QED) is 0.568. The highest BCUT2D eigenvalue weighted by Gasteiger charge is 2.12. The van der Waals surface area contributed by atoms with Gasteiger partial charge in [-0.25, -0.2) is 0 Å². The third kappa shape index (κ3) is 2.02. The van der Waals surface area contributed by atoms with E-state index in [4.69, 9.17) is 27.9 Å². The summed E-state index contributed by atoms with van der Waals surface area (Å²) < 4.78 is 5.77. The lowest BCUT2D eigenvalue weighted by molar-refractivity contribution is 0.485. The van der Waals surface area contributed by atoms with Crippen molar-refractivity contribution < 1.29 is 4.74 Å². The Kier molecular flexibility index (Phi) is 2.54. The minimum atomic E-state index is 0.615. The molecule has 0 atom stereocenters. The molecular formula is C13H7Cl2NO. The Morgan fingerprint density at radius 2 is 1.59 bits per heavy atom. The van der Waals surface area contributed by atoms with Crippen LogP contribution in [0.15, 0.2) is 41.4 Å². The molecule has 3 rings (SSSR count). The lowest BCUT2D eigenvalue weighted by atomic mass is 10.2. The van der Waals surface area contributed by atoms with Gasteiger partial charge in [-0.05, 0) is 24.3 Å². The van der Waals surface area contributed by atoms with Gasteiger partial charge in [0.25, 0.3) is 0 Å². The van der Waals surface area contributed by atoms with Crippen molar-refractivity contribution in [3.8, 4) is 11.5 Å². The number of benzene rings is 2. The van der Waals surface area contributed by atoms with Crippen molar-refractivity contribution in [3.05, 3.63) is 52.0 Å². The van der Waals surface area contributed by atoms with Crippen LogP contribution in [0.5, 0.6) is 11.5 Å². The Labute approximate surface area is 108 Å². The Morgan fingerprint density at radius 1 is 0.882 bits per heavy atom. The van der Waals surface area contributed by atoms with Gasteiger partial charge in [0.05, 0.1) is 0 Å². The van der Waals surface area contributed by atoms with Crippen LogP contribution in [0.3, 0.4) is 0 Å². The summed E-state index contributed by atoms with van der Waals surface area (Å²) in [6.45, 7) is 0. The van der Waals surface area contributed by atoms with E-state index in [0.29, 0.717) is 21.5 Å². The Bertz CT molecular complexity index is 569. The largest absolute Gasteiger partial charge is 0.454 e. The number of fused-ring (bicyclic) bond motifs is 2. The third-order valence-electron chi connectivity index (χ3n) is 2.46. The van der Waals surface area contributed by atoms with E-state index in [0.717, 1.165) is 11.3 Å². The molecule has 0 aromatic heterocycles. The van der Waals surface area contributed by atoms with Gasteiger partial charge in [-0.15, -0.1) is 0 Å². The maximum Gasteiger partial charge on any atom is 0.154 e. The second-order valence-corrected chi connectivity index (χ2v) is 4.53. The van der Waals surface area contributed by atoms with E-state index >= 15 is 0 Å². The standard InChI is InChI=1S/C13H7Cl2NO/c14-9-2-1-8-7-16-11-4-3-10(15)6-13(11)17-12(8)5-9/h1-7H. The summed E-state index contributed by atoms with van der Waals surface area (Å²) in [5, 5.41) is 1.24. The molecule has 0 aliphatic carbocycles. The Morgan fingerprint density at radius 3 is 2.41 bits per heavy atom. The molecule has 1 aliphatic heterocycles. The molecule has 0 unspecified atom stereocenters. The number of nitrogens with zero attached hydrogens (tertiary/aromatic N) is 1. The molecule has 0 bridgehead atoms. The minimum Gasteiger partial charge on any atom is -0.454 e. The summed E-state index contributed by atoms with van der Waals surface area (Å²) in [5.74, 6) is 1.32. The average molecular weight is 264 g/mol. The second kappa shape index (κ2) is 4.06. The molecule has 0 saturated heterocycles. The van der Waals surface area contributed by atoms with Crippen LogP contribution in [0.4, 0.5) is 5.69 Å². The highest BCUT2D eigenvalue weighted by atomic mass is 35.5. The topological polar surface area (TPSA) is 21.6 Å². The zero-order chi connectivity index (χ0) is 11.8. The average Bonchev–Trinajstić information content (AvgIpc) is 2.46. The van der Waals surface area contributed by atoms with E-state index in [1.54, 1.807) is 30.5 Å². The van der Waals surface area contributed by atoms with Crippen molar-refractivity contribution in [3.63, 3.8) is 0 Å². The summed E-state index contributed by atoms with van der Waals surface area (Å²) in [5.41, 5.74) is 1.64. The maximum atomic E-state index is 5.94. The Hall–Kier alpha value is -1.51. The molecule has 17 heavy (non-hydrogen) atoms. The monoisotopic (exact) mass is 263 g/mol. The molecule has 0 fully saturated rings. The molecule has 4 heteroatoms. The summed E-state index contributed by atoms with van der Waals surface area (Å²) >= 11 is 11.9. The molecule has 84 valence electrons. The molecule has 0 amide bonds. The summed E-state index contributed by atoms with van der Waals surface area (Å²) in [4.78, 5) is 4.35. The van der Waals surface area contributed by atoms with Gasteiger partial charge < -0.3 is 4.74 Å². The molecule has 2 aromatic carbocycles. The molecule has 0 spiro atoms. The van der Waals surface area contributed by atoms with Crippen molar-refractivity contribution in [1.82, 2.24) is 0 Å². The molecule has 1 aliphatic rings. The predicted molar refractivity (Wildman–Crippen MR) is 70.2 cm³/mol. The van der Waals surface area contributed by atoms with Gasteiger partial charge in [0.1, 0.15) is 11.4 Å². The number of rotatable bonds is 0. The van der Waals surface area contributed by atoms with Gasteiger partial charge in [-0.1, -0.05) is 23.2 Å². The smallest absolute Gasteiger partial charge is 0.154 e. The zero-order valence-corrected chi connectivity index (χ0v) is 10.2. The number of hydrogen-bond donors (Lipinski definition) is 0. The zero-order valence-electron chi connectivity index (χ0n) is 8.65. The first-order chi connectivity index (χ1) is 8.22. The second-order valence-electron chi connectivity index (χ2n) is 3.65. The van der Waals surface area contributed by atoms with Gasteiger partial charge in [0.15, 0.2) is 5.75 Å². The fourth-order valence-corrected chi connectivity index (χ4v) is 1.96. The molecule has 0 saturated carbocycles. The molecule has 2 nitrogen and oxygen atoms in total. The highest BCUT2D eigenvalue weighted by molar-refractivity contribution is 6.31. The first kappa shape index (κ1) is 10.6. The van der Waals surface area contributed by atoms with Gasteiger partial charge in [-0.2, -0.15) is 0 Å². The van der Waals surface area contributed by atoms with Crippen LogP contribution in [-0.2, 0) is 0 Å². The van der Waals surface area contributed by atoms with E-state index in [1.807, 2.05) is 12.1 Å². The molecule has 0 radical (unpaired) electrons. The lowest BCUT2D eigenvalue weighted by Gasteiger charge is -2.08. The molecule has 2 aromatic rings. The van der Waals surface area contributed by atoms with Gasteiger partial charge in [-0.3, -0.25) is 4.99 Å². The lowest BCUT2D eigenvalue weighted by Crippen LogP contribution is -1.87. The number of ether oxygens (including phenoxy) is 1. The van der Waals surface area contributed by atoms with Crippen molar-refractivity contribution in [1.29, 1.82) is 0 Å². The van der Waals surface area contributed by atoms with Crippen molar-refractivity contribution in [2.75, 3.05) is 0 Å². The van der Waals surface area contributed by atoms with Crippen molar-refractivity contribution >= 4 is 35.1 Å². The van der Waals surface area contributed by atoms with Crippen molar-refractivity contribution in [2.24, 2.45) is 4.99 Å². The first-order valence-electron chi connectivity index (χ1n) is 5.03. The summed E-state index contributed by atoms with van der Waals surface area (Å²) in [6.07, 6.45) is 1.76. The number of halogens is 2. The van der Waals surface area contributed by atoms with Crippen LogP contribution in [-0.4, -0.2) is 6.21 Å². The van der Waals surface area contributed by atoms with Gasteiger partial charge >= 0.3 is 0 Å². The fourth-order valence-electron chi connectivity index (χ4n) is 1.64. The van der Waals surface area contributed by atoms with Crippen LogP contribution in [0.1, 0.15) is 5.56 Å². The van der Waals surface area contributed by atoms with Crippen LogP contribution in [0, 0.1) is 0 Å².